The maximum absolute atomic E-state index is 12.2. The van der Waals surface area contributed by atoms with E-state index in [-0.39, 0.29) is 11.9 Å². The van der Waals surface area contributed by atoms with Crippen LogP contribution in [-0.2, 0) is 0 Å². The van der Waals surface area contributed by atoms with Crippen molar-refractivity contribution in [1.82, 2.24) is 4.90 Å². The fourth-order valence-corrected chi connectivity index (χ4v) is 2.80. The second-order valence-electron chi connectivity index (χ2n) is 5.13. The van der Waals surface area contributed by atoms with Crippen LogP contribution in [0.25, 0.3) is 0 Å². The average molecular weight is 347 g/mol. The Labute approximate surface area is 134 Å². The van der Waals surface area contributed by atoms with Gasteiger partial charge in [-0.1, -0.05) is 46.3 Å². The molecule has 0 spiro atoms. The summed E-state index contributed by atoms with van der Waals surface area (Å²) in [7, 11) is 3.52. The molecule has 0 heterocycles. The Balaban J connectivity index is 2.28. The van der Waals surface area contributed by atoms with Crippen LogP contribution < -0.4 is 5.32 Å². The number of benzene rings is 2. The molecule has 0 radical (unpaired) electrons. The lowest BCUT2D eigenvalue weighted by atomic mass is 10.1. The number of carbonyl (C=O) groups excluding carboxylic acids is 1. The molecule has 1 unspecified atom stereocenters. The number of para-hydroxylation sites is 1. The Morgan fingerprint density at radius 2 is 1.71 bits per heavy atom. The van der Waals surface area contributed by atoms with Crippen molar-refractivity contribution in [1.29, 1.82) is 0 Å². The van der Waals surface area contributed by atoms with E-state index in [4.69, 9.17) is 0 Å². The number of hydrogen-bond acceptors (Lipinski definition) is 2. The van der Waals surface area contributed by atoms with Crippen LogP contribution in [0.5, 0.6) is 0 Å². The molecule has 3 nitrogen and oxygen atoms in total. The zero-order chi connectivity index (χ0) is 15.4. The van der Waals surface area contributed by atoms with E-state index in [1.165, 1.54) is 0 Å². The molecular weight excluding hydrogens is 328 g/mol. The average Bonchev–Trinajstić information content (AvgIpc) is 2.47. The Morgan fingerprint density at radius 1 is 1.10 bits per heavy atom. The van der Waals surface area contributed by atoms with E-state index in [9.17, 15) is 4.79 Å². The van der Waals surface area contributed by atoms with Gasteiger partial charge >= 0.3 is 0 Å². The summed E-state index contributed by atoms with van der Waals surface area (Å²) in [5.41, 5.74) is 2.69. The first kappa shape index (κ1) is 15.6. The molecule has 4 heteroatoms. The summed E-state index contributed by atoms with van der Waals surface area (Å²) in [6.45, 7) is 2.08. The van der Waals surface area contributed by atoms with Gasteiger partial charge < -0.3 is 10.2 Å². The molecule has 0 bridgehead atoms. The van der Waals surface area contributed by atoms with Crippen LogP contribution in [0.3, 0.4) is 0 Å². The SMILES string of the molecule is CC(Nc1ccccc1C(=O)N(C)C)c1ccccc1Br. The second kappa shape index (κ2) is 6.76. The number of carbonyl (C=O) groups is 1. The van der Waals surface area contributed by atoms with Crippen LogP contribution in [-0.4, -0.2) is 24.9 Å². The monoisotopic (exact) mass is 346 g/mol. The molecular formula is C17H19BrN2O. The smallest absolute Gasteiger partial charge is 0.255 e. The fourth-order valence-electron chi connectivity index (χ4n) is 2.17. The summed E-state index contributed by atoms with van der Waals surface area (Å²) in [6.07, 6.45) is 0. The van der Waals surface area contributed by atoms with Crippen molar-refractivity contribution in [2.45, 2.75) is 13.0 Å². The van der Waals surface area contributed by atoms with Crippen molar-refractivity contribution in [2.24, 2.45) is 0 Å². The van der Waals surface area contributed by atoms with Gasteiger partial charge in [0, 0.05) is 30.3 Å². The third-order valence-electron chi connectivity index (χ3n) is 3.31. The quantitative estimate of drug-likeness (QED) is 0.893. The van der Waals surface area contributed by atoms with Crippen molar-refractivity contribution in [3.05, 3.63) is 64.1 Å². The van der Waals surface area contributed by atoms with Gasteiger partial charge in [-0.3, -0.25) is 4.79 Å². The minimum Gasteiger partial charge on any atom is -0.378 e. The molecule has 0 fully saturated rings. The lowest BCUT2D eigenvalue weighted by Crippen LogP contribution is -2.23. The van der Waals surface area contributed by atoms with E-state index in [0.717, 1.165) is 15.7 Å². The number of anilines is 1. The van der Waals surface area contributed by atoms with Crippen molar-refractivity contribution >= 4 is 27.5 Å². The predicted octanol–water partition coefficient (Wildman–Crippen LogP) is 4.32. The molecule has 1 N–H and O–H groups in total. The lowest BCUT2D eigenvalue weighted by molar-refractivity contribution is 0.0828. The number of nitrogens with zero attached hydrogens (tertiary/aromatic N) is 1. The molecule has 110 valence electrons. The van der Waals surface area contributed by atoms with Crippen LogP contribution in [0, 0.1) is 0 Å². The number of amides is 1. The van der Waals surface area contributed by atoms with E-state index < -0.39 is 0 Å². The van der Waals surface area contributed by atoms with E-state index in [1.54, 1.807) is 19.0 Å². The highest BCUT2D eigenvalue weighted by Gasteiger charge is 2.15. The third kappa shape index (κ3) is 3.64. The summed E-state index contributed by atoms with van der Waals surface area (Å²) < 4.78 is 1.06. The number of hydrogen-bond donors (Lipinski definition) is 1. The summed E-state index contributed by atoms with van der Waals surface area (Å²) >= 11 is 3.57. The highest BCUT2D eigenvalue weighted by Crippen LogP contribution is 2.27. The Morgan fingerprint density at radius 3 is 2.38 bits per heavy atom. The van der Waals surface area contributed by atoms with Gasteiger partial charge in [-0.2, -0.15) is 0 Å². The van der Waals surface area contributed by atoms with Crippen molar-refractivity contribution in [3.8, 4) is 0 Å². The van der Waals surface area contributed by atoms with E-state index in [0.29, 0.717) is 5.56 Å². The normalized spacial score (nSPS) is 11.8. The van der Waals surface area contributed by atoms with E-state index in [1.807, 2.05) is 42.5 Å². The Bertz CT molecular complexity index is 640. The fraction of sp³-hybridized carbons (Fsp3) is 0.235. The van der Waals surface area contributed by atoms with Crippen molar-refractivity contribution in [3.63, 3.8) is 0 Å². The number of nitrogens with one attached hydrogen (secondary N) is 1. The van der Waals surface area contributed by atoms with Crippen LogP contribution >= 0.6 is 15.9 Å². The van der Waals surface area contributed by atoms with Crippen LogP contribution in [0.1, 0.15) is 28.9 Å². The van der Waals surface area contributed by atoms with E-state index >= 15 is 0 Å². The standard InChI is InChI=1S/C17H19BrN2O/c1-12(13-8-4-6-10-15(13)18)19-16-11-7-5-9-14(16)17(21)20(2)3/h4-12,19H,1-3H3. The molecule has 0 saturated heterocycles. The van der Waals surface area contributed by atoms with Gasteiger partial charge in [-0.25, -0.2) is 0 Å². The van der Waals surface area contributed by atoms with Gasteiger partial charge in [0.1, 0.15) is 0 Å². The molecule has 0 aliphatic rings. The molecule has 0 aromatic heterocycles. The highest BCUT2D eigenvalue weighted by molar-refractivity contribution is 9.10. The molecule has 0 saturated carbocycles. The van der Waals surface area contributed by atoms with Crippen molar-refractivity contribution < 1.29 is 4.79 Å². The molecule has 2 aromatic carbocycles. The zero-order valence-corrected chi connectivity index (χ0v) is 14.0. The number of halogens is 1. The largest absolute Gasteiger partial charge is 0.378 e. The van der Waals surface area contributed by atoms with Gasteiger partial charge in [-0.05, 0) is 30.7 Å². The predicted molar refractivity (Wildman–Crippen MR) is 90.6 cm³/mol. The molecule has 1 atom stereocenters. The highest BCUT2D eigenvalue weighted by atomic mass is 79.9. The van der Waals surface area contributed by atoms with Gasteiger partial charge in [0.15, 0.2) is 0 Å². The molecule has 1 amide bonds. The molecule has 0 aliphatic heterocycles. The first-order valence-electron chi connectivity index (χ1n) is 6.82. The third-order valence-corrected chi connectivity index (χ3v) is 4.03. The minimum atomic E-state index is -0.00238. The number of rotatable bonds is 4. The second-order valence-corrected chi connectivity index (χ2v) is 5.99. The van der Waals surface area contributed by atoms with Gasteiger partial charge in [0.05, 0.1) is 5.56 Å². The summed E-state index contributed by atoms with van der Waals surface area (Å²) in [4.78, 5) is 13.8. The zero-order valence-electron chi connectivity index (χ0n) is 12.4. The lowest BCUT2D eigenvalue weighted by Gasteiger charge is -2.20. The first-order chi connectivity index (χ1) is 10.0. The summed E-state index contributed by atoms with van der Waals surface area (Å²) in [5, 5.41) is 3.43. The van der Waals surface area contributed by atoms with Gasteiger partial charge in [0.25, 0.3) is 5.91 Å². The molecule has 2 aromatic rings. The van der Waals surface area contributed by atoms with Crippen LogP contribution in [0.2, 0.25) is 0 Å². The summed E-state index contributed by atoms with van der Waals surface area (Å²) in [5.74, 6) is -0.00238. The van der Waals surface area contributed by atoms with Crippen molar-refractivity contribution in [2.75, 3.05) is 19.4 Å². The van der Waals surface area contributed by atoms with Crippen LogP contribution in [0.4, 0.5) is 5.69 Å². The van der Waals surface area contributed by atoms with E-state index in [2.05, 4.69) is 34.2 Å². The van der Waals surface area contributed by atoms with Gasteiger partial charge in [0.2, 0.25) is 0 Å². The minimum absolute atomic E-state index is 0.00238. The summed E-state index contributed by atoms with van der Waals surface area (Å²) in [6, 6.07) is 15.8. The van der Waals surface area contributed by atoms with Gasteiger partial charge in [-0.15, -0.1) is 0 Å². The molecule has 21 heavy (non-hydrogen) atoms. The first-order valence-corrected chi connectivity index (χ1v) is 7.61. The Hall–Kier alpha value is -1.81. The maximum Gasteiger partial charge on any atom is 0.255 e. The maximum atomic E-state index is 12.2. The topological polar surface area (TPSA) is 32.3 Å². The Kier molecular flexibility index (Phi) is 5.02. The molecule has 0 aliphatic carbocycles. The molecule has 2 rings (SSSR count). The van der Waals surface area contributed by atoms with Crippen LogP contribution in [0.15, 0.2) is 53.0 Å².